The molecule has 1 atom stereocenters. The predicted octanol–water partition coefficient (Wildman–Crippen LogP) is 3.43. The van der Waals surface area contributed by atoms with Gasteiger partial charge in [-0.3, -0.25) is 4.79 Å². The number of hydrogen-bond donors (Lipinski definition) is 1. The molecule has 0 saturated carbocycles. The molecule has 1 unspecified atom stereocenters. The number of hydrogen-bond acceptors (Lipinski definition) is 4. The number of carbonyl (C=O) groups excluding carboxylic acids is 1. The minimum Gasteiger partial charge on any atom is -0.491 e. The molecule has 1 aromatic carbocycles. The summed E-state index contributed by atoms with van der Waals surface area (Å²) in [4.78, 5) is 11.0. The summed E-state index contributed by atoms with van der Waals surface area (Å²) in [5.41, 5.74) is 7.10. The molecule has 0 amide bonds. The lowest BCUT2D eigenvalue weighted by molar-refractivity contribution is -0.141. The molecule has 0 aliphatic carbocycles. The van der Waals surface area contributed by atoms with E-state index < -0.39 is 0 Å². The van der Waals surface area contributed by atoms with Gasteiger partial charge in [0.1, 0.15) is 5.75 Å². The van der Waals surface area contributed by atoms with E-state index in [1.807, 2.05) is 12.1 Å². The van der Waals surface area contributed by atoms with Gasteiger partial charge in [0, 0.05) is 6.04 Å². The Morgan fingerprint density at radius 3 is 2.45 bits per heavy atom. The summed E-state index contributed by atoms with van der Waals surface area (Å²) in [6, 6.07) is 4.14. The van der Waals surface area contributed by atoms with E-state index in [2.05, 4.69) is 43.5 Å². The van der Waals surface area contributed by atoms with E-state index in [0.717, 1.165) is 27.4 Å². The SMILES string of the molecule is CCC(N)Cc1cc(Br)c(OCCC(=O)OC)c(Br)c1. The normalized spacial score (nSPS) is 12.1. The summed E-state index contributed by atoms with van der Waals surface area (Å²) in [5, 5.41) is 0. The first kappa shape index (κ1) is 17.5. The summed E-state index contributed by atoms with van der Waals surface area (Å²) in [7, 11) is 1.36. The van der Waals surface area contributed by atoms with E-state index in [-0.39, 0.29) is 25.0 Å². The van der Waals surface area contributed by atoms with Crippen LogP contribution in [-0.2, 0) is 16.0 Å². The highest BCUT2D eigenvalue weighted by Crippen LogP contribution is 2.35. The summed E-state index contributed by atoms with van der Waals surface area (Å²) < 4.78 is 11.9. The second-order valence-electron chi connectivity index (χ2n) is 4.44. The number of methoxy groups -OCH3 is 1. The van der Waals surface area contributed by atoms with Crippen molar-refractivity contribution < 1.29 is 14.3 Å². The minimum absolute atomic E-state index is 0.153. The Kier molecular flexibility index (Phi) is 7.55. The highest BCUT2D eigenvalue weighted by Gasteiger charge is 2.11. The number of benzene rings is 1. The van der Waals surface area contributed by atoms with Gasteiger partial charge in [0.15, 0.2) is 0 Å². The first-order valence-corrected chi connectivity index (χ1v) is 7.99. The van der Waals surface area contributed by atoms with Gasteiger partial charge >= 0.3 is 5.97 Å². The van der Waals surface area contributed by atoms with E-state index in [1.54, 1.807) is 0 Å². The molecule has 112 valence electrons. The molecule has 0 aliphatic heterocycles. The quantitative estimate of drug-likeness (QED) is 0.702. The fourth-order valence-electron chi connectivity index (χ4n) is 1.65. The van der Waals surface area contributed by atoms with Gasteiger partial charge < -0.3 is 15.2 Å². The smallest absolute Gasteiger partial charge is 0.308 e. The lowest BCUT2D eigenvalue weighted by Crippen LogP contribution is -2.21. The third-order valence-electron chi connectivity index (χ3n) is 2.86. The van der Waals surface area contributed by atoms with E-state index >= 15 is 0 Å². The van der Waals surface area contributed by atoms with Crippen LogP contribution in [0, 0.1) is 0 Å². The zero-order valence-electron chi connectivity index (χ0n) is 11.6. The Labute approximate surface area is 136 Å². The molecule has 2 N–H and O–H groups in total. The first-order valence-electron chi connectivity index (χ1n) is 6.41. The molecule has 0 spiro atoms. The zero-order valence-corrected chi connectivity index (χ0v) is 14.8. The van der Waals surface area contributed by atoms with Crippen LogP contribution in [0.15, 0.2) is 21.1 Å². The van der Waals surface area contributed by atoms with Crippen LogP contribution in [0.5, 0.6) is 5.75 Å². The van der Waals surface area contributed by atoms with Crippen molar-refractivity contribution in [3.8, 4) is 5.75 Å². The van der Waals surface area contributed by atoms with Crippen molar-refractivity contribution >= 4 is 37.8 Å². The van der Waals surface area contributed by atoms with E-state index in [9.17, 15) is 4.79 Å². The Morgan fingerprint density at radius 1 is 1.35 bits per heavy atom. The van der Waals surface area contributed by atoms with Crippen LogP contribution in [0.3, 0.4) is 0 Å². The van der Waals surface area contributed by atoms with Crippen molar-refractivity contribution in [2.75, 3.05) is 13.7 Å². The molecule has 0 radical (unpaired) electrons. The average molecular weight is 409 g/mol. The van der Waals surface area contributed by atoms with E-state index in [1.165, 1.54) is 7.11 Å². The van der Waals surface area contributed by atoms with Gasteiger partial charge in [0.25, 0.3) is 0 Å². The fraction of sp³-hybridized carbons (Fsp3) is 0.500. The molecule has 0 heterocycles. The van der Waals surface area contributed by atoms with Gasteiger partial charge in [0.05, 0.1) is 29.1 Å². The maximum absolute atomic E-state index is 11.0. The van der Waals surface area contributed by atoms with Gasteiger partial charge in [-0.25, -0.2) is 0 Å². The Bertz CT molecular complexity index is 443. The number of halogens is 2. The second-order valence-corrected chi connectivity index (χ2v) is 6.14. The summed E-state index contributed by atoms with van der Waals surface area (Å²) in [6.45, 7) is 2.34. The number of ether oxygens (including phenoxy) is 2. The Balaban J connectivity index is 2.71. The van der Waals surface area contributed by atoms with Crippen LogP contribution in [0.4, 0.5) is 0 Å². The second kappa shape index (κ2) is 8.64. The van der Waals surface area contributed by atoms with Crippen LogP contribution in [0.25, 0.3) is 0 Å². The minimum atomic E-state index is -0.289. The lowest BCUT2D eigenvalue weighted by atomic mass is 10.0. The largest absolute Gasteiger partial charge is 0.491 e. The van der Waals surface area contributed by atoms with Crippen molar-refractivity contribution in [1.82, 2.24) is 0 Å². The van der Waals surface area contributed by atoms with Crippen molar-refractivity contribution in [2.45, 2.75) is 32.2 Å². The molecular weight excluding hydrogens is 390 g/mol. The maximum atomic E-state index is 11.0. The average Bonchev–Trinajstić information content (AvgIpc) is 2.41. The molecule has 4 nitrogen and oxygen atoms in total. The van der Waals surface area contributed by atoms with Crippen LogP contribution < -0.4 is 10.5 Å². The number of carbonyl (C=O) groups is 1. The molecular formula is C14H19Br2NO3. The highest BCUT2D eigenvalue weighted by molar-refractivity contribution is 9.11. The molecule has 20 heavy (non-hydrogen) atoms. The third kappa shape index (κ3) is 5.42. The van der Waals surface area contributed by atoms with Gasteiger partial charge in [-0.1, -0.05) is 6.92 Å². The molecule has 1 rings (SSSR count). The zero-order chi connectivity index (χ0) is 15.1. The maximum Gasteiger partial charge on any atom is 0.308 e. The van der Waals surface area contributed by atoms with Gasteiger partial charge in [-0.15, -0.1) is 0 Å². The summed E-state index contributed by atoms with van der Waals surface area (Å²) in [6.07, 6.45) is 1.97. The molecule has 0 saturated heterocycles. The molecule has 6 heteroatoms. The number of nitrogens with two attached hydrogens (primary N) is 1. The first-order chi connectivity index (χ1) is 9.47. The third-order valence-corrected chi connectivity index (χ3v) is 4.04. The predicted molar refractivity (Wildman–Crippen MR) is 85.9 cm³/mol. The van der Waals surface area contributed by atoms with Crippen LogP contribution in [-0.4, -0.2) is 25.7 Å². The monoisotopic (exact) mass is 407 g/mol. The van der Waals surface area contributed by atoms with Crippen molar-refractivity contribution in [3.05, 3.63) is 26.6 Å². The van der Waals surface area contributed by atoms with E-state index in [4.69, 9.17) is 10.5 Å². The van der Waals surface area contributed by atoms with Crippen LogP contribution in [0.1, 0.15) is 25.3 Å². The van der Waals surface area contributed by atoms with Crippen LogP contribution in [0.2, 0.25) is 0 Å². The molecule has 0 fully saturated rings. The van der Waals surface area contributed by atoms with E-state index in [0.29, 0.717) is 5.75 Å². The van der Waals surface area contributed by atoms with Crippen molar-refractivity contribution in [3.63, 3.8) is 0 Å². The molecule has 0 aliphatic rings. The Morgan fingerprint density at radius 2 is 1.95 bits per heavy atom. The molecule has 1 aromatic rings. The molecule has 0 bridgehead atoms. The van der Waals surface area contributed by atoms with Gasteiger partial charge in [-0.2, -0.15) is 0 Å². The topological polar surface area (TPSA) is 61.5 Å². The van der Waals surface area contributed by atoms with Crippen LogP contribution >= 0.6 is 31.9 Å². The lowest BCUT2D eigenvalue weighted by Gasteiger charge is -2.14. The summed E-state index contributed by atoms with van der Waals surface area (Å²) >= 11 is 6.96. The highest BCUT2D eigenvalue weighted by atomic mass is 79.9. The van der Waals surface area contributed by atoms with Crippen molar-refractivity contribution in [1.29, 1.82) is 0 Å². The summed E-state index contributed by atoms with van der Waals surface area (Å²) in [5.74, 6) is 0.394. The standard InChI is InChI=1S/C14H19Br2NO3/c1-3-10(17)6-9-7-11(15)14(12(16)8-9)20-5-4-13(18)19-2/h7-8,10H,3-6,17H2,1-2H3. The van der Waals surface area contributed by atoms with Gasteiger partial charge in [0.2, 0.25) is 0 Å². The molecule has 0 aromatic heterocycles. The number of esters is 1. The fourth-order valence-corrected chi connectivity index (χ4v) is 3.16. The Hall–Kier alpha value is -0.590. The van der Waals surface area contributed by atoms with Crippen molar-refractivity contribution in [2.24, 2.45) is 5.73 Å². The van der Waals surface area contributed by atoms with Gasteiger partial charge in [-0.05, 0) is 62.4 Å². The number of rotatable bonds is 7.